The molecule has 3 nitrogen and oxygen atoms in total. The third-order valence-electron chi connectivity index (χ3n) is 0. The van der Waals surface area contributed by atoms with E-state index in [2.05, 4.69) is 0 Å². The second kappa shape index (κ2) is 15.2. The Bertz CT molecular complexity index is 27.5. The summed E-state index contributed by atoms with van der Waals surface area (Å²) in [6.45, 7) is 0. The van der Waals surface area contributed by atoms with Gasteiger partial charge in [0.05, 0.1) is 0 Å². The monoisotopic (exact) mass is 107 g/mol. The van der Waals surface area contributed by atoms with Gasteiger partial charge < -0.3 is 5.21 Å². The molecular weight excluding hydrogens is 108 g/mol. The first-order chi connectivity index (χ1) is 1.41. The summed E-state index contributed by atoms with van der Waals surface area (Å²) in [5.41, 5.74) is 0. The van der Waals surface area contributed by atoms with Crippen LogP contribution in [0.25, 0.3) is 5.14 Å². The summed E-state index contributed by atoms with van der Waals surface area (Å²) >= 11 is 0. The van der Waals surface area contributed by atoms with Crippen molar-refractivity contribution in [3.63, 3.8) is 0 Å². The minimum atomic E-state index is 0. The van der Waals surface area contributed by atoms with Gasteiger partial charge in [-0.3, -0.25) is 0 Å². The van der Waals surface area contributed by atoms with Crippen LogP contribution in [0.3, 0.4) is 0 Å². The first kappa shape index (κ1) is 9.27. The Morgan fingerprint density at radius 2 is 1.75 bits per heavy atom. The van der Waals surface area contributed by atoms with Crippen molar-refractivity contribution in [1.29, 1.82) is 5.39 Å². The van der Waals surface area contributed by atoms with E-state index in [9.17, 15) is 0 Å². The van der Waals surface area contributed by atoms with E-state index in [1.165, 1.54) is 5.14 Å². The molecule has 0 spiro atoms. The summed E-state index contributed by atoms with van der Waals surface area (Å²) in [7, 11) is 0. The van der Waals surface area contributed by atoms with Gasteiger partial charge in [0.25, 0.3) is 0 Å². The molecule has 4 heavy (non-hydrogen) atoms. The molecule has 4 heteroatoms. The van der Waals surface area contributed by atoms with Crippen LogP contribution in [0.2, 0.25) is 0 Å². The van der Waals surface area contributed by atoms with Crippen molar-refractivity contribution in [2.75, 3.05) is 0 Å². The molecule has 0 saturated heterocycles. The second-order valence-corrected chi connectivity index (χ2v) is 0.0816. The molecular formula is CuN2O. The summed E-state index contributed by atoms with van der Waals surface area (Å²) < 4.78 is 0. The van der Waals surface area contributed by atoms with E-state index in [0.29, 0.717) is 0 Å². The Balaban J connectivity index is 0. The third-order valence-corrected chi connectivity index (χ3v) is 0. The smallest absolute Gasteiger partial charge is 0.237 e. The van der Waals surface area contributed by atoms with E-state index in [1.807, 2.05) is 0 Å². The van der Waals surface area contributed by atoms with E-state index in [-0.39, 0.29) is 17.1 Å². The van der Waals surface area contributed by atoms with Crippen molar-refractivity contribution in [2.24, 2.45) is 0 Å². The summed E-state index contributed by atoms with van der Waals surface area (Å²) in [5, 5.41) is 16.0. The molecule has 0 aliphatic heterocycles. The molecule has 0 aromatic heterocycles. The van der Waals surface area contributed by atoms with Crippen molar-refractivity contribution >= 4 is 0 Å². The Morgan fingerprint density at radius 1 is 1.75 bits per heavy atom. The van der Waals surface area contributed by atoms with Crippen LogP contribution in [0, 0.1) is 10.6 Å². The van der Waals surface area contributed by atoms with E-state index in [1.54, 1.807) is 0 Å². The van der Waals surface area contributed by atoms with E-state index >= 15 is 0 Å². The average molecular weight is 108 g/mol. The fraction of sp³-hybridized carbons (Fsp3) is 0. The van der Waals surface area contributed by atoms with Gasteiger partial charge in [0.2, 0.25) is 10.5 Å². The van der Waals surface area contributed by atoms with Gasteiger partial charge in [-0.15, -0.1) is 0 Å². The number of hydrogen-bond acceptors (Lipinski definition) is 2. The van der Waals surface area contributed by atoms with Crippen molar-refractivity contribution in [3.05, 3.63) is 10.3 Å². The Labute approximate surface area is 33.7 Å². The van der Waals surface area contributed by atoms with Crippen LogP contribution in [-0.2, 0) is 17.1 Å². The van der Waals surface area contributed by atoms with Crippen molar-refractivity contribution in [1.82, 2.24) is 0 Å². The molecule has 27 valence electrons. The molecule has 0 aromatic rings. The molecule has 0 aromatic carbocycles. The van der Waals surface area contributed by atoms with Crippen LogP contribution in [0.4, 0.5) is 0 Å². The molecule has 0 unspecified atom stereocenters. The predicted octanol–water partition coefficient (Wildman–Crippen LogP) is 0.335. The van der Waals surface area contributed by atoms with Gasteiger partial charge in [0, 0.05) is 17.1 Å². The molecule has 0 atom stereocenters. The molecule has 0 N–H and O–H groups in total. The molecule has 0 fully saturated rings. The van der Waals surface area contributed by atoms with Crippen LogP contribution in [0.15, 0.2) is 0 Å². The summed E-state index contributed by atoms with van der Waals surface area (Å²) in [6, 6.07) is 0. The van der Waals surface area contributed by atoms with Crippen molar-refractivity contribution in [2.45, 2.75) is 0 Å². The molecule has 0 aliphatic carbocycles. The zero-order valence-electron chi connectivity index (χ0n) is 1.60. The van der Waals surface area contributed by atoms with Crippen LogP contribution in [0.5, 0.6) is 0 Å². The van der Waals surface area contributed by atoms with Gasteiger partial charge in [-0.1, -0.05) is 0 Å². The minimum absolute atomic E-state index is 0. The number of hydrogen-bond donors (Lipinski definition) is 0. The van der Waals surface area contributed by atoms with Crippen LogP contribution < -0.4 is 0 Å². The van der Waals surface area contributed by atoms with E-state index < -0.39 is 0 Å². The fourth-order valence-corrected chi connectivity index (χ4v) is 0. The normalized spacial score (nSPS) is 1.75. The second-order valence-electron chi connectivity index (χ2n) is 0.0816. The number of rotatable bonds is 0. The molecule has 1 radical (unpaired) electrons. The topological polar surface area (TPSA) is 51.2 Å². The minimum Gasteiger partial charge on any atom is -0.463 e. The molecule has 0 amide bonds. The predicted molar refractivity (Wildman–Crippen MR) is 8.45 cm³/mol. The summed E-state index contributed by atoms with van der Waals surface area (Å²) in [6.07, 6.45) is 0. The van der Waals surface area contributed by atoms with Crippen LogP contribution in [0.1, 0.15) is 0 Å². The fourth-order valence-electron chi connectivity index (χ4n) is 0. The molecule has 0 rings (SSSR count). The van der Waals surface area contributed by atoms with Crippen LogP contribution >= 0.6 is 0 Å². The van der Waals surface area contributed by atoms with E-state index in [0.717, 1.165) is 0 Å². The number of diazo groups is 1. The number of nitrogens with zero attached hydrogens (tertiary/aromatic N) is 2. The standard InChI is InChI=1S/Cu.N2O/c;1-2-3. The quantitative estimate of drug-likeness (QED) is 0.255. The Morgan fingerprint density at radius 3 is 1.75 bits per heavy atom. The molecule has 0 aliphatic rings. The summed E-state index contributed by atoms with van der Waals surface area (Å²) in [4.78, 5) is 0. The van der Waals surface area contributed by atoms with Gasteiger partial charge in [-0.2, -0.15) is 0 Å². The van der Waals surface area contributed by atoms with Gasteiger partial charge in [0.15, 0.2) is 0 Å². The Hall–Kier alpha value is -0.261. The maximum Gasteiger partial charge on any atom is 0.237 e. The van der Waals surface area contributed by atoms with Gasteiger partial charge in [0.1, 0.15) is 0 Å². The zero-order valence-corrected chi connectivity index (χ0v) is 2.55. The van der Waals surface area contributed by atoms with Gasteiger partial charge in [-0.25, -0.2) is 0 Å². The first-order valence-electron chi connectivity index (χ1n) is 0.383. The average Bonchev–Trinajstić information content (AvgIpc) is 0.918. The van der Waals surface area contributed by atoms with Crippen LogP contribution in [-0.4, -0.2) is 0 Å². The molecule has 0 saturated carbocycles. The maximum atomic E-state index is 8.11. The maximum absolute atomic E-state index is 8.11. The largest absolute Gasteiger partial charge is 0.463 e. The third kappa shape index (κ3) is 14.0. The van der Waals surface area contributed by atoms with Crippen molar-refractivity contribution in [3.8, 4) is 0 Å². The zero-order chi connectivity index (χ0) is 2.71. The Kier molecular flexibility index (Phi) is 35.1. The molecule has 0 heterocycles. The first-order valence-corrected chi connectivity index (χ1v) is 0.383. The SMILES string of the molecule is N#[N+][O-].[Cu]. The van der Waals surface area contributed by atoms with E-state index in [4.69, 9.17) is 10.6 Å². The summed E-state index contributed by atoms with van der Waals surface area (Å²) in [5.74, 6) is 0. The van der Waals surface area contributed by atoms with Gasteiger partial charge >= 0.3 is 0 Å². The van der Waals surface area contributed by atoms with Gasteiger partial charge in [-0.05, 0) is 0 Å². The van der Waals surface area contributed by atoms with Crippen molar-refractivity contribution < 1.29 is 17.1 Å². The molecule has 0 bridgehead atoms.